The smallest absolute Gasteiger partial charge is 0.145 e. The van der Waals surface area contributed by atoms with Crippen molar-refractivity contribution in [3.05, 3.63) is 36.6 Å². The van der Waals surface area contributed by atoms with Crippen molar-refractivity contribution in [3.63, 3.8) is 0 Å². The lowest BCUT2D eigenvalue weighted by Crippen LogP contribution is -1.77. The maximum Gasteiger partial charge on any atom is 0.145 e. The number of oxime groups is 1. The van der Waals surface area contributed by atoms with Gasteiger partial charge in [0.25, 0.3) is 0 Å². The second-order valence-corrected chi connectivity index (χ2v) is 1.52. The normalized spacial score (nSPS) is 16.0. The quantitative estimate of drug-likeness (QED) is 0.474. The van der Waals surface area contributed by atoms with Crippen molar-refractivity contribution < 1.29 is 9.88 Å². The highest BCUT2D eigenvalue weighted by molar-refractivity contribution is 5.70. The molecule has 0 spiro atoms. The summed E-state index contributed by atoms with van der Waals surface area (Å²) in [5, 5.41) is 3.41. The molecule has 0 amide bonds. The topological polar surface area (TPSA) is 30.8 Å². The van der Waals surface area contributed by atoms with E-state index in [1.165, 1.54) is 12.5 Å². The van der Waals surface area contributed by atoms with Crippen LogP contribution in [-0.2, 0) is 9.88 Å². The van der Waals surface area contributed by atoms with E-state index in [1.54, 1.807) is 12.2 Å². The molecule has 10 heavy (non-hydrogen) atoms. The van der Waals surface area contributed by atoms with Gasteiger partial charge in [-0.05, 0) is 17.3 Å². The van der Waals surface area contributed by atoms with Gasteiger partial charge in [0.2, 0.25) is 0 Å². The van der Waals surface area contributed by atoms with Gasteiger partial charge in [-0.2, -0.15) is 4.99 Å². The number of nitrogens with zero attached hydrogens (tertiary/aromatic N) is 1. The predicted molar refractivity (Wildman–Crippen MR) is 38.1 cm³/mol. The van der Waals surface area contributed by atoms with Crippen molar-refractivity contribution in [3.8, 4) is 0 Å². The molecular weight excluding hydrogens is 130 g/mol. The Kier molecular flexibility index (Phi) is 2.89. The number of hydrogen-bond acceptors (Lipinski definition) is 3. The van der Waals surface area contributed by atoms with Gasteiger partial charge < -0.3 is 0 Å². The molecular formula is C7H7NO2. The summed E-state index contributed by atoms with van der Waals surface area (Å²) in [4.78, 5) is 8.75. The van der Waals surface area contributed by atoms with Crippen LogP contribution in [0.1, 0.15) is 0 Å². The summed E-state index contributed by atoms with van der Waals surface area (Å²) in [5.74, 6) is 0. The van der Waals surface area contributed by atoms with E-state index < -0.39 is 0 Å². The molecule has 0 bridgehead atoms. The van der Waals surface area contributed by atoms with Gasteiger partial charge in [0.05, 0.1) is 6.21 Å². The summed E-state index contributed by atoms with van der Waals surface area (Å²) in [6.07, 6.45) is 11.8. The maximum atomic E-state index is 4.45. The van der Waals surface area contributed by atoms with Gasteiger partial charge in [-0.3, -0.25) is 4.89 Å². The number of hydrogen-bond donors (Lipinski definition) is 0. The van der Waals surface area contributed by atoms with E-state index in [9.17, 15) is 0 Å². The highest BCUT2D eigenvalue weighted by Crippen LogP contribution is 1.86. The van der Waals surface area contributed by atoms with Gasteiger partial charge in [0.1, 0.15) is 6.26 Å². The van der Waals surface area contributed by atoms with Crippen LogP contribution in [0.25, 0.3) is 0 Å². The third kappa shape index (κ3) is 2.71. The van der Waals surface area contributed by atoms with Crippen molar-refractivity contribution in [2.24, 2.45) is 5.16 Å². The van der Waals surface area contributed by atoms with E-state index in [0.29, 0.717) is 0 Å². The maximum absolute atomic E-state index is 4.45. The molecule has 0 saturated heterocycles. The Morgan fingerprint density at radius 3 is 2.70 bits per heavy atom. The molecule has 1 heterocycles. The van der Waals surface area contributed by atoms with E-state index >= 15 is 0 Å². The molecule has 0 aromatic heterocycles. The van der Waals surface area contributed by atoms with Crippen LogP contribution in [0, 0.1) is 0 Å². The van der Waals surface area contributed by atoms with E-state index in [4.69, 9.17) is 0 Å². The fraction of sp³-hybridized carbons (Fsp3) is 0. The molecule has 3 nitrogen and oxygen atoms in total. The Labute approximate surface area is 58.9 Å². The van der Waals surface area contributed by atoms with Crippen LogP contribution in [0.5, 0.6) is 0 Å². The Morgan fingerprint density at radius 1 is 0.900 bits per heavy atom. The molecule has 0 N–H and O–H groups in total. The predicted octanol–water partition coefficient (Wildman–Crippen LogP) is 1.56. The van der Waals surface area contributed by atoms with Gasteiger partial charge >= 0.3 is 0 Å². The first-order chi connectivity index (χ1) is 5.00. The van der Waals surface area contributed by atoms with Gasteiger partial charge in [-0.25, -0.2) is 0 Å². The van der Waals surface area contributed by atoms with Crippen LogP contribution in [0.3, 0.4) is 0 Å². The highest BCUT2D eigenvalue weighted by Gasteiger charge is 1.73. The summed E-state index contributed by atoms with van der Waals surface area (Å²) in [7, 11) is 0. The minimum atomic E-state index is 1.40. The molecule has 3 heteroatoms. The van der Waals surface area contributed by atoms with Crippen molar-refractivity contribution >= 4 is 6.21 Å². The van der Waals surface area contributed by atoms with Crippen LogP contribution in [-0.4, -0.2) is 6.21 Å². The summed E-state index contributed by atoms with van der Waals surface area (Å²) in [5.41, 5.74) is 0. The van der Waals surface area contributed by atoms with Crippen LogP contribution in [0.2, 0.25) is 0 Å². The molecule has 1 aliphatic rings. The van der Waals surface area contributed by atoms with Crippen LogP contribution in [0.15, 0.2) is 41.8 Å². The van der Waals surface area contributed by atoms with Gasteiger partial charge in [-0.15, -0.1) is 0 Å². The first kappa shape index (κ1) is 6.61. The molecule has 0 atom stereocenters. The Balaban J connectivity index is 2.53. The molecule has 0 unspecified atom stereocenters. The molecule has 1 aliphatic heterocycles. The number of allylic oxidation sites excluding steroid dienone is 5. The second kappa shape index (κ2) is 4.38. The lowest BCUT2D eigenvalue weighted by molar-refractivity contribution is -0.248. The van der Waals surface area contributed by atoms with Gasteiger partial charge in [0.15, 0.2) is 0 Å². The standard InChI is InChI=1S/C7H7NO2/c1-2-4-6-8-10-9-7-5-3-1/h1-7H. The van der Waals surface area contributed by atoms with Gasteiger partial charge in [0, 0.05) is 0 Å². The van der Waals surface area contributed by atoms with Crippen molar-refractivity contribution in [1.82, 2.24) is 0 Å². The summed E-state index contributed by atoms with van der Waals surface area (Å²) < 4.78 is 0. The summed E-state index contributed by atoms with van der Waals surface area (Å²) >= 11 is 0. The minimum Gasteiger partial charge on any atom is -0.276 e. The molecule has 52 valence electrons. The van der Waals surface area contributed by atoms with Crippen molar-refractivity contribution in [1.29, 1.82) is 0 Å². The minimum absolute atomic E-state index is 1.40. The molecule has 0 saturated carbocycles. The average molecular weight is 137 g/mol. The van der Waals surface area contributed by atoms with Gasteiger partial charge in [-0.1, -0.05) is 18.2 Å². The lowest BCUT2D eigenvalue weighted by Gasteiger charge is -1.89. The van der Waals surface area contributed by atoms with E-state index in [-0.39, 0.29) is 0 Å². The summed E-state index contributed by atoms with van der Waals surface area (Å²) in [6, 6.07) is 0. The van der Waals surface area contributed by atoms with Crippen LogP contribution in [0.4, 0.5) is 0 Å². The molecule has 0 fully saturated rings. The highest BCUT2D eigenvalue weighted by atomic mass is 17.3. The lowest BCUT2D eigenvalue weighted by atomic mass is 10.4. The first-order valence-electron chi connectivity index (χ1n) is 2.84. The fourth-order valence-electron chi connectivity index (χ4n) is 0.429. The SMILES string of the molecule is C1=CC=COON=CC=C1. The summed E-state index contributed by atoms with van der Waals surface area (Å²) in [6.45, 7) is 0. The molecule has 0 aliphatic carbocycles. The zero-order valence-corrected chi connectivity index (χ0v) is 5.31. The van der Waals surface area contributed by atoms with E-state index in [2.05, 4.69) is 15.0 Å². The Morgan fingerprint density at radius 2 is 1.70 bits per heavy atom. The zero-order valence-electron chi connectivity index (χ0n) is 5.31. The molecule has 0 aromatic rings. The first-order valence-corrected chi connectivity index (χ1v) is 2.84. The number of rotatable bonds is 0. The van der Waals surface area contributed by atoms with Crippen LogP contribution < -0.4 is 0 Å². The molecule has 1 rings (SSSR count). The third-order valence-corrected chi connectivity index (χ3v) is 0.812. The Hall–Kier alpha value is -1.51. The van der Waals surface area contributed by atoms with Crippen molar-refractivity contribution in [2.45, 2.75) is 0 Å². The average Bonchev–Trinajstić information content (AvgIpc) is 2.01. The second-order valence-electron chi connectivity index (χ2n) is 1.52. The largest absolute Gasteiger partial charge is 0.276 e. The van der Waals surface area contributed by atoms with Crippen molar-refractivity contribution in [2.75, 3.05) is 0 Å². The monoisotopic (exact) mass is 137 g/mol. The third-order valence-electron chi connectivity index (χ3n) is 0.812. The van der Waals surface area contributed by atoms with Crippen LogP contribution >= 0.6 is 0 Å². The molecule has 0 aromatic carbocycles. The van der Waals surface area contributed by atoms with E-state index in [0.717, 1.165) is 0 Å². The van der Waals surface area contributed by atoms with E-state index in [1.807, 2.05) is 18.2 Å². The Bertz CT molecular complexity index is 170. The molecule has 0 radical (unpaired) electrons. The zero-order chi connectivity index (χ0) is 7.07. The fourth-order valence-corrected chi connectivity index (χ4v) is 0.429.